The Balaban J connectivity index is 2.08. The Labute approximate surface area is 111 Å². The van der Waals surface area contributed by atoms with Crippen LogP contribution in [0.2, 0.25) is 0 Å². The Morgan fingerprint density at radius 3 is 2.94 bits per heavy atom. The Morgan fingerprint density at radius 1 is 1.65 bits per heavy atom. The molecular weight excluding hydrogens is 304 g/mol. The molecule has 2 aromatic heterocycles. The summed E-state index contributed by atoms with van der Waals surface area (Å²) in [5.41, 5.74) is 0.620. The molecule has 0 radical (unpaired) electrons. The third kappa shape index (κ3) is 2.76. The maximum atomic E-state index is 12.0. The molecule has 6 heteroatoms. The first-order valence-electron chi connectivity index (χ1n) is 4.96. The molecule has 0 aromatic carbocycles. The molecule has 4 nitrogen and oxygen atoms in total. The van der Waals surface area contributed by atoms with Crippen LogP contribution in [-0.4, -0.2) is 22.8 Å². The minimum atomic E-state index is -0.149. The molecule has 0 saturated carbocycles. The SMILES string of the molecule is Cc1ncoc1C(=O)N(C)Cc1cc(Br)cs1. The van der Waals surface area contributed by atoms with Crippen molar-refractivity contribution in [2.75, 3.05) is 7.05 Å². The molecule has 0 N–H and O–H groups in total. The van der Waals surface area contributed by atoms with Crippen molar-refractivity contribution in [1.82, 2.24) is 9.88 Å². The second-order valence-corrected chi connectivity index (χ2v) is 5.57. The zero-order chi connectivity index (χ0) is 12.4. The van der Waals surface area contributed by atoms with Gasteiger partial charge in [-0.25, -0.2) is 4.98 Å². The fraction of sp³-hybridized carbons (Fsp3) is 0.273. The van der Waals surface area contributed by atoms with Crippen LogP contribution in [0.15, 0.2) is 26.7 Å². The monoisotopic (exact) mass is 314 g/mol. The van der Waals surface area contributed by atoms with E-state index >= 15 is 0 Å². The summed E-state index contributed by atoms with van der Waals surface area (Å²) in [6.45, 7) is 2.32. The smallest absolute Gasteiger partial charge is 0.291 e. The zero-order valence-electron chi connectivity index (χ0n) is 9.44. The van der Waals surface area contributed by atoms with Gasteiger partial charge in [0.05, 0.1) is 12.2 Å². The number of amides is 1. The minimum absolute atomic E-state index is 0.149. The highest BCUT2D eigenvalue weighted by Gasteiger charge is 2.18. The summed E-state index contributed by atoms with van der Waals surface area (Å²) >= 11 is 5.00. The first-order chi connectivity index (χ1) is 8.08. The van der Waals surface area contributed by atoms with Crippen LogP contribution in [0.3, 0.4) is 0 Å². The summed E-state index contributed by atoms with van der Waals surface area (Å²) in [5.74, 6) is 0.160. The van der Waals surface area contributed by atoms with E-state index < -0.39 is 0 Å². The van der Waals surface area contributed by atoms with Crippen LogP contribution >= 0.6 is 27.3 Å². The van der Waals surface area contributed by atoms with Gasteiger partial charge in [-0.1, -0.05) is 0 Å². The largest absolute Gasteiger partial charge is 0.438 e. The van der Waals surface area contributed by atoms with Gasteiger partial charge < -0.3 is 9.32 Å². The number of aromatic nitrogens is 1. The van der Waals surface area contributed by atoms with Gasteiger partial charge in [0, 0.05) is 21.8 Å². The first kappa shape index (κ1) is 12.3. The molecule has 0 atom stereocenters. The van der Waals surface area contributed by atoms with Crippen molar-refractivity contribution in [3.05, 3.63) is 38.6 Å². The second kappa shape index (κ2) is 5.01. The number of oxazole rings is 1. The predicted molar refractivity (Wildman–Crippen MR) is 69.1 cm³/mol. The number of rotatable bonds is 3. The molecule has 0 aliphatic carbocycles. The van der Waals surface area contributed by atoms with E-state index in [1.165, 1.54) is 6.39 Å². The summed E-state index contributed by atoms with van der Waals surface area (Å²) in [5, 5.41) is 1.99. The fourth-order valence-corrected chi connectivity index (χ4v) is 2.93. The van der Waals surface area contributed by atoms with Crippen molar-refractivity contribution < 1.29 is 9.21 Å². The van der Waals surface area contributed by atoms with E-state index in [-0.39, 0.29) is 5.91 Å². The van der Waals surface area contributed by atoms with Crippen molar-refractivity contribution in [2.24, 2.45) is 0 Å². The third-order valence-electron chi connectivity index (χ3n) is 2.30. The van der Waals surface area contributed by atoms with E-state index in [0.29, 0.717) is 18.0 Å². The molecular formula is C11H11BrN2O2S. The Hall–Kier alpha value is -1.14. The molecule has 0 fully saturated rings. The van der Waals surface area contributed by atoms with Crippen LogP contribution < -0.4 is 0 Å². The van der Waals surface area contributed by atoms with Crippen molar-refractivity contribution in [2.45, 2.75) is 13.5 Å². The van der Waals surface area contributed by atoms with Crippen molar-refractivity contribution in [3.63, 3.8) is 0 Å². The number of aryl methyl sites for hydroxylation is 1. The maximum absolute atomic E-state index is 12.0. The lowest BCUT2D eigenvalue weighted by Gasteiger charge is -2.14. The second-order valence-electron chi connectivity index (χ2n) is 3.66. The molecule has 0 spiro atoms. The maximum Gasteiger partial charge on any atom is 0.291 e. The molecule has 0 saturated heterocycles. The van der Waals surface area contributed by atoms with E-state index in [4.69, 9.17) is 4.42 Å². The van der Waals surface area contributed by atoms with Crippen LogP contribution in [0.5, 0.6) is 0 Å². The van der Waals surface area contributed by atoms with Gasteiger partial charge in [-0.3, -0.25) is 4.79 Å². The van der Waals surface area contributed by atoms with Gasteiger partial charge in [-0.2, -0.15) is 0 Å². The molecule has 2 heterocycles. The van der Waals surface area contributed by atoms with Crippen LogP contribution in [0, 0.1) is 6.92 Å². The van der Waals surface area contributed by atoms with Gasteiger partial charge in [-0.05, 0) is 28.9 Å². The lowest BCUT2D eigenvalue weighted by Crippen LogP contribution is -2.26. The highest BCUT2D eigenvalue weighted by molar-refractivity contribution is 9.10. The Kier molecular flexibility index (Phi) is 3.63. The average Bonchev–Trinajstić information content (AvgIpc) is 2.86. The van der Waals surface area contributed by atoms with Gasteiger partial charge in [0.15, 0.2) is 6.39 Å². The minimum Gasteiger partial charge on any atom is -0.438 e. The fourth-order valence-electron chi connectivity index (χ4n) is 1.42. The Morgan fingerprint density at radius 2 is 2.41 bits per heavy atom. The number of nitrogens with zero attached hydrogens (tertiary/aromatic N) is 2. The lowest BCUT2D eigenvalue weighted by molar-refractivity contribution is 0.0754. The number of carbonyl (C=O) groups is 1. The number of carbonyl (C=O) groups excluding carboxylic acids is 1. The normalized spacial score (nSPS) is 10.5. The summed E-state index contributed by atoms with van der Waals surface area (Å²) in [6, 6.07) is 2.00. The molecule has 2 rings (SSSR count). The first-order valence-corrected chi connectivity index (χ1v) is 6.63. The molecule has 90 valence electrons. The molecule has 1 amide bonds. The van der Waals surface area contributed by atoms with Gasteiger partial charge in [0.25, 0.3) is 5.91 Å². The highest BCUT2D eigenvalue weighted by Crippen LogP contribution is 2.21. The summed E-state index contributed by atoms with van der Waals surface area (Å²) in [6.07, 6.45) is 1.29. The topological polar surface area (TPSA) is 46.3 Å². The number of hydrogen-bond acceptors (Lipinski definition) is 4. The average molecular weight is 315 g/mol. The standard InChI is InChI=1S/C11H11BrN2O2S/c1-7-10(16-6-13-7)11(15)14(2)4-9-3-8(12)5-17-9/h3,5-6H,4H2,1-2H3. The van der Waals surface area contributed by atoms with Gasteiger partial charge >= 0.3 is 0 Å². The molecule has 2 aromatic rings. The molecule has 0 bridgehead atoms. The number of hydrogen-bond donors (Lipinski definition) is 0. The van der Waals surface area contributed by atoms with Crippen LogP contribution in [0.1, 0.15) is 21.1 Å². The van der Waals surface area contributed by atoms with E-state index in [2.05, 4.69) is 20.9 Å². The van der Waals surface area contributed by atoms with E-state index in [1.54, 1.807) is 30.2 Å². The van der Waals surface area contributed by atoms with Crippen molar-refractivity contribution in [3.8, 4) is 0 Å². The molecule has 0 unspecified atom stereocenters. The Bertz CT molecular complexity index is 535. The number of halogens is 1. The van der Waals surface area contributed by atoms with Gasteiger partial charge in [0.1, 0.15) is 0 Å². The summed E-state index contributed by atoms with van der Waals surface area (Å²) in [4.78, 5) is 18.7. The van der Waals surface area contributed by atoms with E-state index in [0.717, 1.165) is 9.35 Å². The van der Waals surface area contributed by atoms with Crippen molar-refractivity contribution in [1.29, 1.82) is 0 Å². The third-order valence-corrected chi connectivity index (χ3v) is 3.98. The van der Waals surface area contributed by atoms with E-state index in [1.807, 2.05) is 11.4 Å². The van der Waals surface area contributed by atoms with E-state index in [9.17, 15) is 4.79 Å². The summed E-state index contributed by atoms with van der Waals surface area (Å²) < 4.78 is 6.12. The number of thiophene rings is 1. The zero-order valence-corrected chi connectivity index (χ0v) is 11.8. The quantitative estimate of drug-likeness (QED) is 0.874. The highest BCUT2D eigenvalue weighted by atomic mass is 79.9. The predicted octanol–water partition coefficient (Wildman–Crippen LogP) is 3.08. The molecule has 17 heavy (non-hydrogen) atoms. The van der Waals surface area contributed by atoms with Gasteiger partial charge in [-0.15, -0.1) is 11.3 Å². The summed E-state index contributed by atoms with van der Waals surface area (Å²) in [7, 11) is 1.75. The lowest BCUT2D eigenvalue weighted by atomic mass is 10.3. The van der Waals surface area contributed by atoms with Crippen LogP contribution in [0.4, 0.5) is 0 Å². The van der Waals surface area contributed by atoms with Crippen LogP contribution in [0.25, 0.3) is 0 Å². The van der Waals surface area contributed by atoms with Crippen molar-refractivity contribution >= 4 is 33.2 Å². The van der Waals surface area contributed by atoms with Crippen LogP contribution in [-0.2, 0) is 6.54 Å². The molecule has 0 aliphatic rings. The van der Waals surface area contributed by atoms with Gasteiger partial charge in [0.2, 0.25) is 5.76 Å². The molecule has 0 aliphatic heterocycles.